The smallest absolute Gasteiger partial charge is 0.312 e. The molecule has 0 amide bonds. The number of carbonyl (C=O) groups is 1. The fourth-order valence-electron chi connectivity index (χ4n) is 6.22. The molecule has 4 fully saturated rings. The van der Waals surface area contributed by atoms with E-state index < -0.39 is 0 Å². The largest absolute Gasteiger partial charge is 0.459 e. The van der Waals surface area contributed by atoms with E-state index >= 15 is 0 Å². The maximum absolute atomic E-state index is 13.0. The highest BCUT2D eigenvalue weighted by atomic mass is 16.7. The van der Waals surface area contributed by atoms with Crippen molar-refractivity contribution in [2.75, 3.05) is 6.79 Å². The topological polar surface area (TPSA) is 70.8 Å². The summed E-state index contributed by atoms with van der Waals surface area (Å²) in [4.78, 5) is 13.0. The highest BCUT2D eigenvalue weighted by molar-refractivity contribution is 5.77. The van der Waals surface area contributed by atoms with Crippen LogP contribution in [0.5, 0.6) is 11.5 Å². The fourth-order valence-corrected chi connectivity index (χ4v) is 6.22. The summed E-state index contributed by atoms with van der Waals surface area (Å²) in [5, 5.41) is 4.08. The molecule has 0 unspecified atom stereocenters. The molecular weight excluding hydrogens is 358 g/mol. The Morgan fingerprint density at radius 3 is 2.50 bits per heavy atom. The van der Waals surface area contributed by atoms with Gasteiger partial charge in [0.2, 0.25) is 6.79 Å². The second kappa shape index (κ2) is 6.00. The van der Waals surface area contributed by atoms with E-state index in [0.29, 0.717) is 17.2 Å². The Labute approximate surface area is 163 Å². The molecule has 1 aromatic heterocycles. The van der Waals surface area contributed by atoms with Crippen molar-refractivity contribution < 1.29 is 23.5 Å². The molecule has 1 aliphatic heterocycles. The lowest BCUT2D eigenvalue weighted by Gasteiger charge is -2.55. The molecule has 2 heterocycles. The number of carbonyl (C=O) groups excluding carboxylic acids is 1. The van der Waals surface area contributed by atoms with Gasteiger partial charge in [-0.3, -0.25) is 4.79 Å². The van der Waals surface area contributed by atoms with E-state index in [4.69, 9.17) is 18.7 Å². The van der Waals surface area contributed by atoms with Crippen LogP contribution in [0.2, 0.25) is 0 Å². The van der Waals surface area contributed by atoms with Crippen LogP contribution in [0.15, 0.2) is 28.8 Å². The van der Waals surface area contributed by atoms with Crippen LogP contribution in [0.1, 0.15) is 44.2 Å². The van der Waals surface area contributed by atoms with Gasteiger partial charge in [0.15, 0.2) is 17.3 Å². The Morgan fingerprint density at radius 2 is 1.75 bits per heavy atom. The zero-order valence-corrected chi connectivity index (χ0v) is 15.7. The number of hydrogen-bond donors (Lipinski definition) is 0. The molecular formula is C22H23NO5. The summed E-state index contributed by atoms with van der Waals surface area (Å²) >= 11 is 0. The Hall–Kier alpha value is -2.50. The molecule has 28 heavy (non-hydrogen) atoms. The van der Waals surface area contributed by atoms with Crippen molar-refractivity contribution in [3.8, 4) is 22.8 Å². The molecule has 0 spiro atoms. The molecule has 6 heteroatoms. The van der Waals surface area contributed by atoms with Crippen LogP contribution in [0.25, 0.3) is 11.3 Å². The molecule has 0 atom stereocenters. The first-order valence-corrected chi connectivity index (χ1v) is 10.2. The van der Waals surface area contributed by atoms with Crippen molar-refractivity contribution >= 4 is 5.97 Å². The van der Waals surface area contributed by atoms with Gasteiger partial charge < -0.3 is 18.7 Å². The van der Waals surface area contributed by atoms with Crippen LogP contribution in [0.3, 0.4) is 0 Å². The van der Waals surface area contributed by atoms with Gasteiger partial charge in [-0.1, -0.05) is 5.16 Å². The summed E-state index contributed by atoms with van der Waals surface area (Å²) in [6, 6.07) is 7.45. The molecule has 0 N–H and O–H groups in total. The van der Waals surface area contributed by atoms with Crippen molar-refractivity contribution in [3.63, 3.8) is 0 Å². The quantitative estimate of drug-likeness (QED) is 0.734. The summed E-state index contributed by atoms with van der Waals surface area (Å²) in [5.74, 6) is 4.20. The van der Waals surface area contributed by atoms with E-state index in [1.807, 2.05) is 24.3 Å². The molecule has 5 aliphatic rings. The van der Waals surface area contributed by atoms with Gasteiger partial charge in [0, 0.05) is 11.6 Å². The number of esters is 1. The number of benzene rings is 1. The normalized spacial score (nSPS) is 31.9. The van der Waals surface area contributed by atoms with Crippen LogP contribution in [-0.4, -0.2) is 17.9 Å². The Kier molecular flexibility index (Phi) is 3.52. The minimum atomic E-state index is -0.237. The van der Waals surface area contributed by atoms with Gasteiger partial charge in [0.05, 0.1) is 5.41 Å². The number of nitrogens with zero attached hydrogens (tertiary/aromatic N) is 1. The van der Waals surface area contributed by atoms with Crippen molar-refractivity contribution in [3.05, 3.63) is 30.0 Å². The number of fused-ring (bicyclic) bond motifs is 1. The summed E-state index contributed by atoms with van der Waals surface area (Å²) in [7, 11) is 0. The van der Waals surface area contributed by atoms with Crippen LogP contribution in [0, 0.1) is 23.2 Å². The van der Waals surface area contributed by atoms with E-state index in [-0.39, 0.29) is 24.8 Å². The molecule has 4 aliphatic carbocycles. The molecule has 1 aromatic carbocycles. The van der Waals surface area contributed by atoms with E-state index in [1.54, 1.807) is 0 Å². The summed E-state index contributed by atoms with van der Waals surface area (Å²) in [6.07, 6.45) is 6.98. The molecule has 2 aromatic rings. The molecule has 4 bridgehead atoms. The molecule has 0 radical (unpaired) electrons. The minimum Gasteiger partial charge on any atom is -0.459 e. The summed E-state index contributed by atoms with van der Waals surface area (Å²) in [5.41, 5.74) is 1.25. The first kappa shape index (κ1) is 16.5. The van der Waals surface area contributed by atoms with Crippen LogP contribution < -0.4 is 9.47 Å². The van der Waals surface area contributed by atoms with Gasteiger partial charge in [0.25, 0.3) is 0 Å². The van der Waals surface area contributed by atoms with Crippen LogP contribution >= 0.6 is 0 Å². The third kappa shape index (κ3) is 2.61. The summed E-state index contributed by atoms with van der Waals surface area (Å²) < 4.78 is 21.9. The predicted octanol–water partition coefficient (Wildman–Crippen LogP) is 4.33. The van der Waals surface area contributed by atoms with Gasteiger partial charge >= 0.3 is 5.97 Å². The van der Waals surface area contributed by atoms with E-state index in [0.717, 1.165) is 48.3 Å². The van der Waals surface area contributed by atoms with Crippen molar-refractivity contribution in [1.29, 1.82) is 0 Å². The van der Waals surface area contributed by atoms with E-state index in [2.05, 4.69) is 5.16 Å². The molecule has 146 valence electrons. The molecule has 4 saturated carbocycles. The Morgan fingerprint density at radius 1 is 1.04 bits per heavy atom. The SMILES string of the molecule is O=C(OCc1cc(-c2ccc3c(c2)OCO3)on1)C12CC3CC(CC(C3)C1)C2. The lowest BCUT2D eigenvalue weighted by molar-refractivity contribution is -0.173. The lowest BCUT2D eigenvalue weighted by Crippen LogP contribution is -2.50. The van der Waals surface area contributed by atoms with Gasteiger partial charge in [-0.15, -0.1) is 0 Å². The first-order chi connectivity index (χ1) is 13.7. The first-order valence-electron chi connectivity index (χ1n) is 10.2. The van der Waals surface area contributed by atoms with E-state index in [1.165, 1.54) is 19.3 Å². The standard InChI is InChI=1S/C22H23NO5/c24-21(22-8-13-3-14(9-22)5-15(4-13)10-22)25-11-17-7-19(28-23-17)16-1-2-18-20(6-16)27-12-26-18/h1-2,6-7,13-15H,3-5,8-12H2. The van der Waals surface area contributed by atoms with E-state index in [9.17, 15) is 4.79 Å². The average molecular weight is 381 g/mol. The Balaban J connectivity index is 1.14. The van der Waals surface area contributed by atoms with Gasteiger partial charge in [-0.05, 0) is 74.5 Å². The zero-order chi connectivity index (χ0) is 18.7. The Bertz CT molecular complexity index is 897. The highest BCUT2D eigenvalue weighted by Crippen LogP contribution is 2.60. The summed E-state index contributed by atoms with van der Waals surface area (Å²) in [6.45, 7) is 0.398. The lowest BCUT2D eigenvalue weighted by atomic mass is 9.49. The predicted molar refractivity (Wildman–Crippen MR) is 98.5 cm³/mol. The zero-order valence-electron chi connectivity index (χ0n) is 15.7. The molecule has 0 saturated heterocycles. The van der Waals surface area contributed by atoms with Crippen molar-refractivity contribution in [2.45, 2.75) is 45.1 Å². The van der Waals surface area contributed by atoms with Crippen LogP contribution in [-0.2, 0) is 16.1 Å². The number of ether oxygens (including phenoxy) is 3. The van der Waals surface area contributed by atoms with Gasteiger partial charge in [-0.25, -0.2) is 0 Å². The third-order valence-corrected chi connectivity index (χ3v) is 7.04. The van der Waals surface area contributed by atoms with Crippen LogP contribution in [0.4, 0.5) is 0 Å². The monoisotopic (exact) mass is 381 g/mol. The van der Waals surface area contributed by atoms with Gasteiger partial charge in [-0.2, -0.15) is 0 Å². The molecule has 6 nitrogen and oxygen atoms in total. The van der Waals surface area contributed by atoms with Gasteiger partial charge in [0.1, 0.15) is 12.3 Å². The second-order valence-corrected chi connectivity index (χ2v) is 9.02. The number of hydrogen-bond acceptors (Lipinski definition) is 6. The van der Waals surface area contributed by atoms with Crippen molar-refractivity contribution in [1.82, 2.24) is 5.16 Å². The minimum absolute atomic E-state index is 0.0285. The maximum Gasteiger partial charge on any atom is 0.312 e. The third-order valence-electron chi connectivity index (χ3n) is 7.04. The number of aromatic nitrogens is 1. The average Bonchev–Trinajstić information content (AvgIpc) is 3.33. The molecule has 7 rings (SSSR count). The van der Waals surface area contributed by atoms with Crippen molar-refractivity contribution in [2.24, 2.45) is 23.2 Å². The highest BCUT2D eigenvalue weighted by Gasteiger charge is 2.55. The maximum atomic E-state index is 13.0. The number of rotatable bonds is 4. The second-order valence-electron chi connectivity index (χ2n) is 9.02. The fraction of sp³-hybridized carbons (Fsp3) is 0.545.